The zero-order valence-electron chi connectivity index (χ0n) is 15.0. The van der Waals surface area contributed by atoms with Crippen LogP contribution in [0.5, 0.6) is 0 Å². The minimum Gasteiger partial charge on any atom is -0.392 e. The number of fused-ring (bicyclic) bond motifs is 1. The standard InChI is InChI=1S/C20H26N4O2/c25-15-8-10-23(11-15)12-16-17-3-1-2-9-24(17)19(21-16)20(26)22-18(13-4-5-13)14-6-7-14/h1-3,9,13-15,18,25H,4-8,10-12H2,(H,22,26). The number of nitrogens with zero attached hydrogens (tertiary/aromatic N) is 3. The quantitative estimate of drug-likeness (QED) is 0.830. The summed E-state index contributed by atoms with van der Waals surface area (Å²) in [6.07, 6.45) is 7.45. The van der Waals surface area contributed by atoms with Crippen LogP contribution in [-0.2, 0) is 6.54 Å². The number of aliphatic hydroxyl groups excluding tert-OH is 1. The summed E-state index contributed by atoms with van der Waals surface area (Å²) >= 11 is 0. The largest absolute Gasteiger partial charge is 0.392 e. The molecule has 2 aromatic heterocycles. The first-order chi connectivity index (χ1) is 12.7. The second kappa shape index (κ2) is 6.35. The van der Waals surface area contributed by atoms with Gasteiger partial charge in [-0.15, -0.1) is 0 Å². The highest BCUT2D eigenvalue weighted by Gasteiger charge is 2.42. The number of aliphatic hydroxyl groups is 1. The summed E-state index contributed by atoms with van der Waals surface area (Å²) in [4.78, 5) is 19.9. The van der Waals surface area contributed by atoms with E-state index in [9.17, 15) is 9.90 Å². The molecule has 0 bridgehead atoms. The molecule has 2 aromatic rings. The molecule has 2 N–H and O–H groups in total. The van der Waals surface area contributed by atoms with Gasteiger partial charge in [0.25, 0.3) is 5.91 Å². The predicted molar refractivity (Wildman–Crippen MR) is 97.8 cm³/mol. The van der Waals surface area contributed by atoms with Crippen molar-refractivity contribution in [1.82, 2.24) is 19.6 Å². The molecule has 3 heterocycles. The molecule has 138 valence electrons. The van der Waals surface area contributed by atoms with Crippen molar-refractivity contribution in [2.45, 2.75) is 50.8 Å². The molecule has 2 aliphatic carbocycles. The van der Waals surface area contributed by atoms with Gasteiger partial charge in [-0.05, 0) is 56.1 Å². The van der Waals surface area contributed by atoms with Crippen LogP contribution in [-0.4, -0.2) is 50.5 Å². The third-order valence-corrected chi connectivity index (χ3v) is 6.01. The van der Waals surface area contributed by atoms with Crippen molar-refractivity contribution in [3.8, 4) is 0 Å². The second-order valence-electron chi connectivity index (χ2n) is 8.19. The number of carbonyl (C=O) groups excluding carboxylic acids is 1. The molecule has 6 heteroatoms. The van der Waals surface area contributed by atoms with Gasteiger partial charge in [-0.25, -0.2) is 4.98 Å². The fourth-order valence-corrected chi connectivity index (χ4v) is 4.29. The molecule has 1 aliphatic heterocycles. The molecular formula is C20H26N4O2. The Balaban J connectivity index is 1.40. The molecule has 0 aromatic carbocycles. The van der Waals surface area contributed by atoms with Gasteiger partial charge in [0.05, 0.1) is 17.3 Å². The zero-order valence-corrected chi connectivity index (χ0v) is 15.0. The van der Waals surface area contributed by atoms with Crippen LogP contribution in [0.3, 0.4) is 0 Å². The van der Waals surface area contributed by atoms with Crippen LogP contribution in [0.25, 0.3) is 5.52 Å². The number of hydrogen-bond acceptors (Lipinski definition) is 4. The van der Waals surface area contributed by atoms with Crippen LogP contribution in [0.2, 0.25) is 0 Å². The maximum absolute atomic E-state index is 13.0. The number of amides is 1. The molecule has 2 saturated carbocycles. The highest BCUT2D eigenvalue weighted by molar-refractivity contribution is 5.92. The first-order valence-electron chi connectivity index (χ1n) is 9.86. The summed E-state index contributed by atoms with van der Waals surface area (Å²) in [5, 5.41) is 13.1. The van der Waals surface area contributed by atoms with E-state index in [0.717, 1.165) is 24.2 Å². The lowest BCUT2D eigenvalue weighted by Gasteiger charge is -2.17. The maximum Gasteiger partial charge on any atom is 0.287 e. The zero-order chi connectivity index (χ0) is 17.7. The van der Waals surface area contributed by atoms with E-state index in [1.807, 2.05) is 28.8 Å². The Labute approximate surface area is 153 Å². The smallest absolute Gasteiger partial charge is 0.287 e. The van der Waals surface area contributed by atoms with Crippen molar-refractivity contribution in [3.05, 3.63) is 35.9 Å². The molecule has 0 spiro atoms. The van der Waals surface area contributed by atoms with E-state index in [4.69, 9.17) is 4.98 Å². The number of imidazole rings is 1. The SMILES string of the molecule is O=C(NC(C1CC1)C1CC1)c1nc(CN2CCC(O)C2)c2ccccn12. The van der Waals surface area contributed by atoms with E-state index in [2.05, 4.69) is 10.2 Å². The molecule has 1 unspecified atom stereocenters. The number of nitrogens with one attached hydrogen (secondary N) is 1. The highest BCUT2D eigenvalue weighted by atomic mass is 16.3. The van der Waals surface area contributed by atoms with E-state index in [1.165, 1.54) is 25.7 Å². The van der Waals surface area contributed by atoms with Gasteiger partial charge >= 0.3 is 0 Å². The third-order valence-electron chi connectivity index (χ3n) is 6.01. The van der Waals surface area contributed by atoms with Crippen LogP contribution in [0.1, 0.15) is 48.4 Å². The molecule has 1 amide bonds. The van der Waals surface area contributed by atoms with E-state index < -0.39 is 0 Å². The number of hydrogen-bond donors (Lipinski definition) is 2. The third kappa shape index (κ3) is 3.12. The highest BCUT2D eigenvalue weighted by Crippen LogP contribution is 2.44. The van der Waals surface area contributed by atoms with Crippen LogP contribution in [0.15, 0.2) is 24.4 Å². The van der Waals surface area contributed by atoms with Crippen molar-refractivity contribution in [1.29, 1.82) is 0 Å². The summed E-state index contributed by atoms with van der Waals surface area (Å²) in [5.74, 6) is 1.77. The molecule has 3 fully saturated rings. The van der Waals surface area contributed by atoms with Gasteiger partial charge in [0.15, 0.2) is 0 Å². The summed E-state index contributed by atoms with van der Waals surface area (Å²) < 4.78 is 1.91. The molecule has 26 heavy (non-hydrogen) atoms. The number of pyridine rings is 1. The fourth-order valence-electron chi connectivity index (χ4n) is 4.29. The lowest BCUT2D eigenvalue weighted by Crippen LogP contribution is -2.39. The Morgan fingerprint density at radius 1 is 1.23 bits per heavy atom. The van der Waals surface area contributed by atoms with Crippen molar-refractivity contribution >= 4 is 11.4 Å². The second-order valence-corrected chi connectivity index (χ2v) is 8.19. The summed E-state index contributed by atoms with van der Waals surface area (Å²) in [7, 11) is 0. The van der Waals surface area contributed by atoms with Gasteiger partial charge in [-0.2, -0.15) is 0 Å². The first kappa shape index (κ1) is 16.3. The summed E-state index contributed by atoms with van der Waals surface area (Å²) in [5.41, 5.74) is 1.90. The van der Waals surface area contributed by atoms with E-state index in [-0.39, 0.29) is 12.0 Å². The Hall–Kier alpha value is -1.92. The van der Waals surface area contributed by atoms with Gasteiger partial charge in [0, 0.05) is 31.9 Å². The van der Waals surface area contributed by atoms with Gasteiger partial charge in [-0.1, -0.05) is 6.07 Å². The van der Waals surface area contributed by atoms with Crippen LogP contribution in [0.4, 0.5) is 0 Å². The Bertz CT molecular complexity index is 812. The van der Waals surface area contributed by atoms with Gasteiger partial charge in [-0.3, -0.25) is 14.1 Å². The van der Waals surface area contributed by atoms with Crippen LogP contribution < -0.4 is 5.32 Å². The number of likely N-dealkylation sites (tertiary alicyclic amines) is 1. The van der Waals surface area contributed by atoms with Crippen molar-refractivity contribution < 1.29 is 9.90 Å². The Morgan fingerprint density at radius 3 is 2.65 bits per heavy atom. The fraction of sp³-hybridized carbons (Fsp3) is 0.600. The molecule has 1 atom stereocenters. The maximum atomic E-state index is 13.0. The topological polar surface area (TPSA) is 69.9 Å². The Morgan fingerprint density at radius 2 is 2.00 bits per heavy atom. The van der Waals surface area contributed by atoms with E-state index >= 15 is 0 Å². The first-order valence-corrected chi connectivity index (χ1v) is 9.86. The van der Waals surface area contributed by atoms with E-state index in [1.54, 1.807) is 0 Å². The minimum atomic E-state index is -0.246. The van der Waals surface area contributed by atoms with Crippen LogP contribution in [0, 0.1) is 11.8 Å². The summed E-state index contributed by atoms with van der Waals surface area (Å²) in [6, 6.07) is 6.27. The normalized spacial score (nSPS) is 23.8. The van der Waals surface area contributed by atoms with Crippen molar-refractivity contribution in [2.75, 3.05) is 13.1 Å². The van der Waals surface area contributed by atoms with Gasteiger partial charge in [0.2, 0.25) is 5.82 Å². The molecule has 0 radical (unpaired) electrons. The number of β-amino-alcohol motifs (C(OH)–C–C–N with tert-alkyl or cyclic N) is 1. The lowest BCUT2D eigenvalue weighted by atomic mass is 10.1. The average molecular weight is 354 g/mol. The summed E-state index contributed by atoms with van der Waals surface area (Å²) in [6.45, 7) is 2.23. The van der Waals surface area contributed by atoms with Crippen molar-refractivity contribution in [3.63, 3.8) is 0 Å². The molecule has 3 aliphatic rings. The predicted octanol–water partition coefficient (Wildman–Crippen LogP) is 1.82. The van der Waals surface area contributed by atoms with E-state index in [0.29, 0.717) is 36.8 Å². The molecular weight excluding hydrogens is 328 g/mol. The monoisotopic (exact) mass is 354 g/mol. The number of carbonyl (C=O) groups is 1. The number of rotatable bonds is 6. The molecule has 5 rings (SSSR count). The van der Waals surface area contributed by atoms with Gasteiger partial charge < -0.3 is 10.4 Å². The average Bonchev–Trinajstić information content (AvgIpc) is 3.56. The number of aromatic nitrogens is 2. The minimum absolute atomic E-state index is 0.0530. The lowest BCUT2D eigenvalue weighted by molar-refractivity contribution is 0.0914. The Kier molecular flexibility index (Phi) is 3.98. The van der Waals surface area contributed by atoms with Gasteiger partial charge in [0.1, 0.15) is 0 Å². The van der Waals surface area contributed by atoms with Crippen molar-refractivity contribution in [2.24, 2.45) is 11.8 Å². The molecule has 6 nitrogen and oxygen atoms in total. The van der Waals surface area contributed by atoms with Crippen LogP contribution >= 0.6 is 0 Å². The molecule has 1 saturated heterocycles.